The van der Waals surface area contributed by atoms with E-state index in [1.807, 2.05) is 0 Å². The van der Waals surface area contributed by atoms with Gasteiger partial charge in [0.15, 0.2) is 5.78 Å². The fraction of sp³-hybridized carbons (Fsp3) is 0.429. The molecule has 1 aromatic carbocycles. The lowest BCUT2D eigenvalue weighted by Gasteiger charge is -2.16. The van der Waals surface area contributed by atoms with Crippen LogP contribution in [-0.2, 0) is 14.3 Å². The van der Waals surface area contributed by atoms with E-state index in [-0.39, 0.29) is 23.3 Å². The smallest absolute Gasteiger partial charge is 0.316 e. The van der Waals surface area contributed by atoms with Crippen LogP contribution in [0.4, 0.5) is 4.39 Å². The quantitative estimate of drug-likeness (QED) is 0.457. The molecule has 0 fully saturated rings. The monoisotopic (exact) mass is 284 g/mol. The van der Waals surface area contributed by atoms with Gasteiger partial charge in [-0.05, 0) is 18.1 Å². The number of carbonyl (C=O) groups is 2. The van der Waals surface area contributed by atoms with E-state index in [0.29, 0.717) is 4.90 Å². The van der Waals surface area contributed by atoms with Gasteiger partial charge in [-0.15, -0.1) is 11.8 Å². The van der Waals surface area contributed by atoms with E-state index >= 15 is 0 Å². The first-order valence-electron chi connectivity index (χ1n) is 5.95. The zero-order valence-electron chi connectivity index (χ0n) is 11.2. The number of halogens is 1. The summed E-state index contributed by atoms with van der Waals surface area (Å²) in [5.74, 6) is -2.01. The van der Waals surface area contributed by atoms with Crippen molar-refractivity contribution < 1.29 is 18.7 Å². The number of esters is 1. The van der Waals surface area contributed by atoms with Gasteiger partial charge < -0.3 is 4.74 Å². The van der Waals surface area contributed by atoms with Crippen LogP contribution in [0.5, 0.6) is 0 Å². The summed E-state index contributed by atoms with van der Waals surface area (Å²) in [6.07, 6.45) is 0. The van der Waals surface area contributed by atoms with Crippen molar-refractivity contribution in [3.63, 3.8) is 0 Å². The average Bonchev–Trinajstić information content (AvgIpc) is 2.37. The summed E-state index contributed by atoms with van der Waals surface area (Å²) in [4.78, 5) is 24.0. The second kappa shape index (κ2) is 7.28. The summed E-state index contributed by atoms with van der Waals surface area (Å²) in [5.41, 5.74) is 0. The standard InChI is InChI=1S/C14H17FO3S/c1-9(2)13(14(17)18-3)11(16)8-19-12-7-5-4-6-10(12)15/h4-7,9,13H,8H2,1-3H3. The Labute approximate surface area is 116 Å². The zero-order valence-corrected chi connectivity index (χ0v) is 12.0. The second-order valence-electron chi connectivity index (χ2n) is 4.43. The average molecular weight is 284 g/mol. The summed E-state index contributed by atoms with van der Waals surface area (Å²) < 4.78 is 18.0. The molecule has 0 bridgehead atoms. The Kier molecular flexibility index (Phi) is 6.02. The van der Waals surface area contributed by atoms with E-state index in [1.165, 1.54) is 13.2 Å². The maximum atomic E-state index is 13.4. The molecule has 104 valence electrons. The van der Waals surface area contributed by atoms with Crippen LogP contribution in [0, 0.1) is 17.7 Å². The van der Waals surface area contributed by atoms with Gasteiger partial charge in [0.25, 0.3) is 0 Å². The minimum absolute atomic E-state index is 0.0544. The van der Waals surface area contributed by atoms with E-state index < -0.39 is 11.9 Å². The molecule has 19 heavy (non-hydrogen) atoms. The molecule has 0 heterocycles. The van der Waals surface area contributed by atoms with Gasteiger partial charge in [-0.1, -0.05) is 26.0 Å². The van der Waals surface area contributed by atoms with Crippen LogP contribution in [0.1, 0.15) is 13.8 Å². The van der Waals surface area contributed by atoms with Crippen LogP contribution in [0.3, 0.4) is 0 Å². The summed E-state index contributed by atoms with van der Waals surface area (Å²) in [6, 6.07) is 6.24. The van der Waals surface area contributed by atoms with Gasteiger partial charge in [0, 0.05) is 4.90 Å². The van der Waals surface area contributed by atoms with Crippen LogP contribution in [0.2, 0.25) is 0 Å². The van der Waals surface area contributed by atoms with Crippen molar-refractivity contribution in [3.05, 3.63) is 30.1 Å². The Morgan fingerprint density at radius 3 is 2.47 bits per heavy atom. The first-order valence-corrected chi connectivity index (χ1v) is 6.93. The topological polar surface area (TPSA) is 43.4 Å². The molecule has 0 N–H and O–H groups in total. The SMILES string of the molecule is COC(=O)C(C(=O)CSc1ccccc1F)C(C)C. The van der Waals surface area contributed by atoms with E-state index in [9.17, 15) is 14.0 Å². The van der Waals surface area contributed by atoms with Gasteiger partial charge in [0.2, 0.25) is 0 Å². The highest BCUT2D eigenvalue weighted by molar-refractivity contribution is 8.00. The molecule has 0 aromatic heterocycles. The number of benzene rings is 1. The predicted octanol–water partition coefficient (Wildman–Crippen LogP) is 2.93. The van der Waals surface area contributed by atoms with Gasteiger partial charge in [-0.25, -0.2) is 4.39 Å². The Hall–Kier alpha value is -1.36. The third-order valence-electron chi connectivity index (χ3n) is 2.68. The molecule has 0 aliphatic carbocycles. The maximum Gasteiger partial charge on any atom is 0.316 e. The van der Waals surface area contributed by atoms with Crippen molar-refractivity contribution in [1.82, 2.24) is 0 Å². The van der Waals surface area contributed by atoms with Gasteiger partial charge in [-0.2, -0.15) is 0 Å². The van der Waals surface area contributed by atoms with E-state index in [0.717, 1.165) is 11.8 Å². The molecular formula is C14H17FO3S. The van der Waals surface area contributed by atoms with Crippen molar-refractivity contribution in [2.75, 3.05) is 12.9 Å². The van der Waals surface area contributed by atoms with Crippen LogP contribution < -0.4 is 0 Å². The minimum Gasteiger partial charge on any atom is -0.468 e. The molecule has 0 saturated carbocycles. The number of rotatable bonds is 6. The molecule has 0 saturated heterocycles. The maximum absolute atomic E-state index is 13.4. The summed E-state index contributed by atoms with van der Waals surface area (Å²) in [6.45, 7) is 3.57. The molecule has 5 heteroatoms. The number of Topliss-reactive ketones (excluding diaryl/α,β-unsaturated/α-hetero) is 1. The molecule has 0 amide bonds. The summed E-state index contributed by atoms with van der Waals surface area (Å²) in [7, 11) is 1.26. The number of ether oxygens (including phenoxy) is 1. The highest BCUT2D eigenvalue weighted by Crippen LogP contribution is 2.24. The molecule has 1 unspecified atom stereocenters. The Morgan fingerprint density at radius 2 is 1.95 bits per heavy atom. The molecule has 1 rings (SSSR count). The van der Waals surface area contributed by atoms with E-state index in [2.05, 4.69) is 4.74 Å². The number of ketones is 1. The van der Waals surface area contributed by atoms with Gasteiger partial charge in [0.05, 0.1) is 12.9 Å². The van der Waals surface area contributed by atoms with Crippen LogP contribution in [0.25, 0.3) is 0 Å². The van der Waals surface area contributed by atoms with Gasteiger partial charge in [0.1, 0.15) is 11.7 Å². The highest BCUT2D eigenvalue weighted by atomic mass is 32.2. The van der Waals surface area contributed by atoms with Crippen LogP contribution >= 0.6 is 11.8 Å². The number of carbonyl (C=O) groups excluding carboxylic acids is 2. The normalized spacial score (nSPS) is 12.3. The highest BCUT2D eigenvalue weighted by Gasteiger charge is 2.30. The summed E-state index contributed by atoms with van der Waals surface area (Å²) >= 11 is 1.10. The van der Waals surface area contributed by atoms with Crippen molar-refractivity contribution in [1.29, 1.82) is 0 Å². The second-order valence-corrected chi connectivity index (χ2v) is 5.45. The first kappa shape index (κ1) is 15.7. The van der Waals surface area contributed by atoms with Gasteiger partial charge >= 0.3 is 5.97 Å². The lowest BCUT2D eigenvalue weighted by Crippen LogP contribution is -2.31. The number of thioether (sulfide) groups is 1. The largest absolute Gasteiger partial charge is 0.468 e. The lowest BCUT2D eigenvalue weighted by atomic mass is 9.92. The Balaban J connectivity index is 2.68. The van der Waals surface area contributed by atoms with Crippen LogP contribution in [-0.4, -0.2) is 24.6 Å². The number of hydrogen-bond donors (Lipinski definition) is 0. The van der Waals surface area contributed by atoms with Crippen molar-refractivity contribution in [3.8, 4) is 0 Å². The third kappa shape index (κ3) is 4.35. The van der Waals surface area contributed by atoms with Crippen molar-refractivity contribution >= 4 is 23.5 Å². The van der Waals surface area contributed by atoms with Crippen LogP contribution in [0.15, 0.2) is 29.2 Å². The van der Waals surface area contributed by atoms with E-state index in [4.69, 9.17) is 0 Å². The first-order chi connectivity index (χ1) is 8.97. The molecule has 0 spiro atoms. The van der Waals surface area contributed by atoms with Crippen molar-refractivity contribution in [2.45, 2.75) is 18.7 Å². The molecule has 1 aromatic rings. The predicted molar refractivity (Wildman–Crippen MR) is 72.5 cm³/mol. The fourth-order valence-electron chi connectivity index (χ4n) is 1.70. The fourth-order valence-corrected chi connectivity index (χ4v) is 2.56. The molecule has 0 radical (unpaired) electrons. The zero-order chi connectivity index (χ0) is 14.4. The summed E-state index contributed by atoms with van der Waals surface area (Å²) in [5, 5.41) is 0. The molecular weight excluding hydrogens is 267 g/mol. The number of methoxy groups -OCH3 is 1. The molecule has 1 atom stereocenters. The Bertz CT molecular complexity index is 460. The molecule has 3 nitrogen and oxygen atoms in total. The minimum atomic E-state index is -0.788. The van der Waals surface area contributed by atoms with Gasteiger partial charge in [-0.3, -0.25) is 9.59 Å². The molecule has 0 aliphatic rings. The van der Waals surface area contributed by atoms with E-state index in [1.54, 1.807) is 32.0 Å². The molecule has 0 aliphatic heterocycles. The number of hydrogen-bond acceptors (Lipinski definition) is 4. The van der Waals surface area contributed by atoms with Crippen molar-refractivity contribution in [2.24, 2.45) is 11.8 Å². The Morgan fingerprint density at radius 1 is 1.32 bits per heavy atom. The third-order valence-corrected chi connectivity index (χ3v) is 3.75. The lowest BCUT2D eigenvalue weighted by molar-refractivity contribution is -0.150.